The van der Waals surface area contributed by atoms with Gasteiger partial charge in [0, 0.05) is 11.6 Å². The molecule has 1 aromatic carbocycles. The van der Waals surface area contributed by atoms with Gasteiger partial charge in [-0.15, -0.1) is 0 Å². The van der Waals surface area contributed by atoms with Crippen LogP contribution in [0.4, 0.5) is 0 Å². The van der Waals surface area contributed by atoms with Crippen LogP contribution in [-0.4, -0.2) is 10.1 Å². The van der Waals surface area contributed by atoms with Crippen LogP contribution in [-0.2, 0) is 5.60 Å². The van der Waals surface area contributed by atoms with Crippen molar-refractivity contribution in [3.8, 4) is 0 Å². The van der Waals surface area contributed by atoms with Gasteiger partial charge in [-0.2, -0.15) is 0 Å². The van der Waals surface area contributed by atoms with Crippen LogP contribution in [0, 0.1) is 11.8 Å². The Morgan fingerprint density at radius 3 is 2.72 bits per heavy atom. The lowest BCUT2D eigenvalue weighted by Crippen LogP contribution is -2.43. The number of aliphatic hydroxyl groups is 1. The second-order valence-corrected chi connectivity index (χ2v) is 5.82. The highest BCUT2D eigenvalue weighted by Gasteiger charge is 2.45. The number of pyridine rings is 1. The Morgan fingerprint density at radius 2 is 2.00 bits per heavy atom. The average molecular weight is 241 g/mol. The molecule has 18 heavy (non-hydrogen) atoms. The van der Waals surface area contributed by atoms with Crippen molar-refractivity contribution in [2.45, 2.75) is 32.3 Å². The summed E-state index contributed by atoms with van der Waals surface area (Å²) < 4.78 is 0. The third-order valence-corrected chi connectivity index (χ3v) is 4.29. The summed E-state index contributed by atoms with van der Waals surface area (Å²) in [5, 5.41) is 11.9. The van der Waals surface area contributed by atoms with E-state index in [1.807, 2.05) is 24.3 Å². The molecule has 1 N–H and O–H groups in total. The van der Waals surface area contributed by atoms with Crippen LogP contribution in [0.2, 0.25) is 0 Å². The molecular formula is C16H19NO. The molecule has 0 bridgehead atoms. The van der Waals surface area contributed by atoms with Gasteiger partial charge in [-0.25, -0.2) is 0 Å². The van der Waals surface area contributed by atoms with Crippen LogP contribution in [0.3, 0.4) is 0 Å². The molecule has 0 saturated heterocycles. The summed E-state index contributed by atoms with van der Waals surface area (Å²) in [4.78, 5) is 4.36. The normalized spacial score (nSPS) is 27.4. The van der Waals surface area contributed by atoms with E-state index >= 15 is 0 Å². The fraction of sp³-hybridized carbons (Fsp3) is 0.438. The Bertz CT molecular complexity index is 565. The highest BCUT2D eigenvalue weighted by Crippen LogP contribution is 2.50. The molecular weight excluding hydrogens is 222 g/mol. The van der Waals surface area contributed by atoms with Crippen molar-refractivity contribution in [1.29, 1.82) is 0 Å². The Labute approximate surface area is 108 Å². The number of hydrogen-bond acceptors (Lipinski definition) is 2. The third kappa shape index (κ3) is 1.72. The van der Waals surface area contributed by atoms with Crippen LogP contribution in [0.15, 0.2) is 36.5 Å². The molecule has 1 saturated carbocycles. The highest BCUT2D eigenvalue weighted by molar-refractivity contribution is 5.83. The minimum absolute atomic E-state index is 0.641. The topological polar surface area (TPSA) is 33.1 Å². The summed E-state index contributed by atoms with van der Waals surface area (Å²) in [5.41, 5.74) is 1.37. The fourth-order valence-corrected chi connectivity index (χ4v) is 3.01. The molecule has 0 atom stereocenters. The van der Waals surface area contributed by atoms with Gasteiger partial charge in [0.15, 0.2) is 0 Å². The van der Waals surface area contributed by atoms with E-state index in [1.54, 1.807) is 6.20 Å². The maximum atomic E-state index is 10.8. The molecule has 1 heterocycles. The van der Waals surface area contributed by atoms with E-state index < -0.39 is 5.60 Å². The molecule has 0 aliphatic heterocycles. The standard InChI is InChI=1S/C16H19NO/c1-11(2)12-9-16(18,10-12)14-6-3-7-15-13(14)5-4-8-17-15/h3-8,11-12,18H,9-10H2,1-2H3. The number of hydrogen-bond donors (Lipinski definition) is 1. The zero-order valence-corrected chi connectivity index (χ0v) is 10.9. The van der Waals surface area contributed by atoms with Gasteiger partial charge in [-0.3, -0.25) is 4.98 Å². The van der Waals surface area contributed by atoms with E-state index in [4.69, 9.17) is 0 Å². The number of benzene rings is 1. The number of aromatic nitrogens is 1. The number of nitrogens with zero attached hydrogens (tertiary/aromatic N) is 1. The second kappa shape index (κ2) is 4.06. The first-order chi connectivity index (χ1) is 8.60. The Balaban J connectivity index is 2.01. The Morgan fingerprint density at radius 1 is 1.22 bits per heavy atom. The first-order valence-corrected chi connectivity index (χ1v) is 6.67. The molecule has 2 nitrogen and oxygen atoms in total. The quantitative estimate of drug-likeness (QED) is 0.873. The van der Waals surface area contributed by atoms with Gasteiger partial charge in [0.1, 0.15) is 0 Å². The third-order valence-electron chi connectivity index (χ3n) is 4.29. The van der Waals surface area contributed by atoms with Crippen LogP contribution >= 0.6 is 0 Å². The molecule has 0 amide bonds. The molecule has 0 unspecified atom stereocenters. The van der Waals surface area contributed by atoms with Gasteiger partial charge >= 0.3 is 0 Å². The van der Waals surface area contributed by atoms with E-state index in [0.717, 1.165) is 29.3 Å². The Kier molecular flexibility index (Phi) is 2.63. The lowest BCUT2D eigenvalue weighted by atomic mass is 9.63. The van der Waals surface area contributed by atoms with Crippen molar-refractivity contribution in [2.24, 2.45) is 11.8 Å². The van der Waals surface area contributed by atoms with E-state index in [1.165, 1.54) is 0 Å². The van der Waals surface area contributed by atoms with E-state index in [9.17, 15) is 5.11 Å². The van der Waals surface area contributed by atoms with Crippen molar-refractivity contribution in [3.63, 3.8) is 0 Å². The molecule has 0 radical (unpaired) electrons. The van der Waals surface area contributed by atoms with Gasteiger partial charge in [0.05, 0.1) is 11.1 Å². The summed E-state index contributed by atoms with van der Waals surface area (Å²) in [6, 6.07) is 10.0. The molecule has 1 aromatic heterocycles. The van der Waals surface area contributed by atoms with Gasteiger partial charge in [-0.1, -0.05) is 32.0 Å². The van der Waals surface area contributed by atoms with Gasteiger partial charge < -0.3 is 5.11 Å². The molecule has 3 rings (SSSR count). The molecule has 2 aromatic rings. The molecule has 2 heteroatoms. The van der Waals surface area contributed by atoms with Crippen LogP contribution in [0.25, 0.3) is 10.9 Å². The second-order valence-electron chi connectivity index (χ2n) is 5.82. The fourth-order valence-electron chi connectivity index (χ4n) is 3.01. The van der Waals surface area contributed by atoms with E-state index in [-0.39, 0.29) is 0 Å². The van der Waals surface area contributed by atoms with Crippen LogP contribution in [0.1, 0.15) is 32.3 Å². The van der Waals surface area contributed by atoms with Crippen molar-refractivity contribution in [2.75, 3.05) is 0 Å². The SMILES string of the molecule is CC(C)C1CC(O)(c2cccc3ncccc23)C1. The zero-order chi connectivity index (χ0) is 12.8. The molecule has 94 valence electrons. The number of rotatable bonds is 2. The molecule has 1 aliphatic carbocycles. The predicted molar refractivity (Wildman–Crippen MR) is 73.2 cm³/mol. The lowest BCUT2D eigenvalue weighted by Gasteiger charge is -2.46. The smallest absolute Gasteiger partial charge is 0.0908 e. The van der Waals surface area contributed by atoms with Gasteiger partial charge in [-0.05, 0) is 42.4 Å². The first-order valence-electron chi connectivity index (χ1n) is 6.67. The largest absolute Gasteiger partial charge is 0.385 e. The van der Waals surface area contributed by atoms with E-state index in [0.29, 0.717) is 11.8 Å². The monoisotopic (exact) mass is 241 g/mol. The van der Waals surface area contributed by atoms with Gasteiger partial charge in [0.2, 0.25) is 0 Å². The molecule has 1 fully saturated rings. The average Bonchev–Trinajstić information content (AvgIpc) is 2.34. The van der Waals surface area contributed by atoms with Crippen molar-refractivity contribution >= 4 is 10.9 Å². The summed E-state index contributed by atoms with van der Waals surface area (Å²) in [5.74, 6) is 1.29. The van der Waals surface area contributed by atoms with Crippen molar-refractivity contribution < 1.29 is 5.11 Å². The maximum Gasteiger partial charge on any atom is 0.0908 e. The van der Waals surface area contributed by atoms with Crippen LogP contribution in [0.5, 0.6) is 0 Å². The summed E-state index contributed by atoms with van der Waals surface area (Å²) in [6.45, 7) is 4.46. The Hall–Kier alpha value is -1.41. The summed E-state index contributed by atoms with van der Waals surface area (Å²) in [7, 11) is 0. The predicted octanol–water partition coefficient (Wildman–Crippen LogP) is 3.49. The zero-order valence-electron chi connectivity index (χ0n) is 10.9. The minimum Gasteiger partial charge on any atom is -0.385 e. The van der Waals surface area contributed by atoms with Crippen molar-refractivity contribution in [1.82, 2.24) is 4.98 Å². The van der Waals surface area contributed by atoms with Crippen LogP contribution < -0.4 is 0 Å². The summed E-state index contributed by atoms with van der Waals surface area (Å²) in [6.07, 6.45) is 3.55. The highest BCUT2D eigenvalue weighted by atomic mass is 16.3. The van der Waals surface area contributed by atoms with Gasteiger partial charge in [0.25, 0.3) is 0 Å². The first kappa shape index (κ1) is 11.7. The molecule has 1 aliphatic rings. The summed E-state index contributed by atoms with van der Waals surface area (Å²) >= 11 is 0. The minimum atomic E-state index is -0.641. The van der Waals surface area contributed by atoms with Crippen molar-refractivity contribution in [3.05, 3.63) is 42.1 Å². The number of fused-ring (bicyclic) bond motifs is 1. The lowest BCUT2D eigenvalue weighted by molar-refractivity contribution is -0.0922. The molecule has 0 spiro atoms. The maximum absolute atomic E-state index is 10.8. The van der Waals surface area contributed by atoms with E-state index in [2.05, 4.69) is 24.9 Å².